The fourth-order valence-electron chi connectivity index (χ4n) is 0.339. The Balaban J connectivity index is 2.47. The Morgan fingerprint density at radius 1 is 1.67 bits per heavy atom. The maximum Gasteiger partial charge on any atom is 0.0369 e. The molecule has 0 aromatic rings. The lowest BCUT2D eigenvalue weighted by Gasteiger charge is -1.90. The van der Waals surface area contributed by atoms with Gasteiger partial charge in [0.25, 0.3) is 0 Å². The molecule has 0 aromatic carbocycles. The van der Waals surface area contributed by atoms with Crippen LogP contribution in [-0.2, 0) is 0 Å². The Morgan fingerprint density at radius 3 is 2.17 bits per heavy atom. The minimum atomic E-state index is 0.361. The van der Waals surface area contributed by atoms with E-state index in [9.17, 15) is 0 Å². The van der Waals surface area contributed by atoms with Gasteiger partial charge in [0.05, 0.1) is 0 Å². The lowest BCUT2D eigenvalue weighted by Crippen LogP contribution is -1.78. The highest BCUT2D eigenvalue weighted by Crippen LogP contribution is 2.50. The first kappa shape index (κ1) is 4.12. The molecule has 0 amide bonds. The molecule has 0 bridgehead atoms. The average Bonchev–Trinajstić information content (AvgIpc) is 2.22. The van der Waals surface area contributed by atoms with Crippen LogP contribution in [0.2, 0.25) is 5.04 Å². The molecule has 3 radical (unpaired) electrons. The van der Waals surface area contributed by atoms with Gasteiger partial charge in [-0.25, -0.2) is 0 Å². The first-order chi connectivity index (χ1) is 2.77. The van der Waals surface area contributed by atoms with Gasteiger partial charge < -0.3 is 0 Å². The van der Waals surface area contributed by atoms with E-state index in [0.717, 1.165) is 0 Å². The zero-order valence-corrected chi connectivity index (χ0v) is 4.70. The van der Waals surface area contributed by atoms with E-state index < -0.39 is 0 Å². The topological polar surface area (TPSA) is 0 Å². The van der Waals surface area contributed by atoms with Crippen molar-refractivity contribution in [2.75, 3.05) is 0 Å². The van der Waals surface area contributed by atoms with Crippen molar-refractivity contribution in [3.8, 4) is 0 Å². The molecule has 1 aliphatic rings. The molecule has 0 aromatic heterocycles. The van der Waals surface area contributed by atoms with Crippen molar-refractivity contribution in [1.29, 1.82) is 0 Å². The first-order valence-electron chi connectivity index (χ1n) is 2.15. The van der Waals surface area contributed by atoms with Gasteiger partial charge in [0.2, 0.25) is 0 Å². The summed E-state index contributed by atoms with van der Waals surface area (Å²) >= 11 is 0. The van der Waals surface area contributed by atoms with Gasteiger partial charge >= 0.3 is 0 Å². The van der Waals surface area contributed by atoms with E-state index in [1.807, 2.05) is 6.08 Å². The van der Waals surface area contributed by atoms with Crippen LogP contribution in [-0.4, -0.2) is 10.2 Å². The van der Waals surface area contributed by atoms with Crippen molar-refractivity contribution in [3.05, 3.63) is 12.7 Å². The predicted octanol–water partition coefficient (Wildman–Crippen LogP) is 1.29. The summed E-state index contributed by atoms with van der Waals surface area (Å²) in [5.41, 5.74) is 0. The van der Waals surface area contributed by atoms with Crippen LogP contribution in [0.15, 0.2) is 12.7 Å². The number of hydrogen-bond donors (Lipinski definition) is 0. The average molecular weight is 95.2 g/mol. The molecule has 0 spiro atoms. The number of hydrogen-bond acceptors (Lipinski definition) is 0. The quantitative estimate of drug-likeness (QED) is 0.340. The monoisotopic (exact) mass is 95.0 g/mol. The van der Waals surface area contributed by atoms with Gasteiger partial charge in [-0.05, 0) is 17.9 Å². The van der Waals surface area contributed by atoms with Crippen molar-refractivity contribution in [2.45, 2.75) is 17.9 Å². The minimum Gasteiger partial charge on any atom is -0.103 e. The second kappa shape index (κ2) is 0.967. The molecular weight excluding hydrogens is 88.1 g/mol. The largest absolute Gasteiger partial charge is 0.103 e. The third-order valence-corrected chi connectivity index (χ3v) is 1.88. The highest BCUT2D eigenvalue weighted by Gasteiger charge is 2.33. The molecule has 1 saturated carbocycles. The van der Waals surface area contributed by atoms with Crippen LogP contribution in [0.5, 0.6) is 0 Å². The van der Waals surface area contributed by atoms with Gasteiger partial charge in [0, 0.05) is 10.2 Å². The molecule has 0 atom stereocenters. The predicted molar refractivity (Wildman–Crippen MR) is 27.9 cm³/mol. The highest BCUT2D eigenvalue weighted by molar-refractivity contribution is 6.18. The molecule has 31 valence electrons. The normalized spacial score (nSPS) is 26.2. The molecule has 1 fully saturated rings. The molecule has 0 nitrogen and oxygen atoms in total. The van der Waals surface area contributed by atoms with Gasteiger partial charge in [-0.3, -0.25) is 0 Å². The fraction of sp³-hybridized carbons (Fsp3) is 0.600. The minimum absolute atomic E-state index is 0.361. The van der Waals surface area contributed by atoms with E-state index in [0.29, 0.717) is 5.04 Å². The molecule has 0 N–H and O–H groups in total. The molecule has 1 aliphatic carbocycles. The van der Waals surface area contributed by atoms with Gasteiger partial charge in [-0.1, -0.05) is 6.08 Å². The Bertz CT molecular complexity index is 72.0. The van der Waals surface area contributed by atoms with E-state index in [2.05, 4.69) is 16.8 Å². The summed E-state index contributed by atoms with van der Waals surface area (Å²) in [6.07, 6.45) is 4.50. The molecular formula is C5H7Si. The van der Waals surface area contributed by atoms with Gasteiger partial charge in [0.15, 0.2) is 0 Å². The van der Waals surface area contributed by atoms with Gasteiger partial charge in [0.1, 0.15) is 0 Å². The van der Waals surface area contributed by atoms with Crippen LogP contribution in [0.4, 0.5) is 0 Å². The molecule has 6 heavy (non-hydrogen) atoms. The molecule has 0 heterocycles. The number of rotatable bonds is 1. The Hall–Kier alpha value is -0.0431. The Labute approximate surface area is 41.7 Å². The van der Waals surface area contributed by atoms with E-state index in [4.69, 9.17) is 0 Å². The van der Waals surface area contributed by atoms with Crippen LogP contribution >= 0.6 is 0 Å². The smallest absolute Gasteiger partial charge is 0.0369 e. The van der Waals surface area contributed by atoms with Crippen molar-refractivity contribution >= 4 is 10.2 Å². The van der Waals surface area contributed by atoms with Crippen LogP contribution in [0.25, 0.3) is 0 Å². The summed E-state index contributed by atoms with van der Waals surface area (Å²) in [6.45, 7) is 3.65. The van der Waals surface area contributed by atoms with E-state index in [1.54, 1.807) is 0 Å². The zero-order valence-electron chi connectivity index (χ0n) is 3.70. The van der Waals surface area contributed by atoms with Gasteiger partial charge in [-0.15, -0.1) is 6.58 Å². The molecule has 0 aliphatic heterocycles. The van der Waals surface area contributed by atoms with E-state index in [-0.39, 0.29) is 0 Å². The fourth-order valence-corrected chi connectivity index (χ4v) is 0.464. The maximum atomic E-state index is 3.65. The maximum absolute atomic E-state index is 3.65. The Kier molecular flexibility index (Phi) is 0.665. The molecule has 1 heteroatoms. The summed E-state index contributed by atoms with van der Waals surface area (Å²) < 4.78 is 0. The second-order valence-corrected chi connectivity index (χ2v) is 2.86. The van der Waals surface area contributed by atoms with Crippen molar-refractivity contribution in [3.63, 3.8) is 0 Å². The van der Waals surface area contributed by atoms with Crippen LogP contribution in [0.1, 0.15) is 12.8 Å². The number of allylic oxidation sites excluding steroid dienone is 1. The molecule has 1 rings (SSSR count). The van der Waals surface area contributed by atoms with Crippen molar-refractivity contribution in [2.24, 2.45) is 0 Å². The standard InChI is InChI=1S/C5H7Si/c1-2-5(6)3-4-5/h2H,1,3-4H2. The highest BCUT2D eigenvalue weighted by atomic mass is 28.1. The lowest BCUT2D eigenvalue weighted by molar-refractivity contribution is 1.16. The Morgan fingerprint density at radius 2 is 2.17 bits per heavy atom. The second-order valence-electron chi connectivity index (χ2n) is 1.86. The zero-order chi connectivity index (χ0) is 4.62. The summed E-state index contributed by atoms with van der Waals surface area (Å²) in [6, 6.07) is 0. The van der Waals surface area contributed by atoms with Crippen LogP contribution in [0, 0.1) is 0 Å². The summed E-state index contributed by atoms with van der Waals surface area (Å²) in [4.78, 5) is 0. The molecule has 0 saturated heterocycles. The lowest BCUT2D eigenvalue weighted by atomic mass is 10.4. The summed E-state index contributed by atoms with van der Waals surface area (Å²) in [5.74, 6) is 0. The van der Waals surface area contributed by atoms with Crippen LogP contribution in [0.3, 0.4) is 0 Å². The van der Waals surface area contributed by atoms with Crippen molar-refractivity contribution in [1.82, 2.24) is 0 Å². The third kappa shape index (κ3) is 0.546. The van der Waals surface area contributed by atoms with E-state index in [1.165, 1.54) is 12.8 Å². The van der Waals surface area contributed by atoms with E-state index >= 15 is 0 Å². The van der Waals surface area contributed by atoms with Crippen LogP contribution < -0.4 is 0 Å². The third-order valence-electron chi connectivity index (χ3n) is 1.18. The summed E-state index contributed by atoms with van der Waals surface area (Å²) in [7, 11) is 3.52. The molecule has 0 unspecified atom stereocenters. The summed E-state index contributed by atoms with van der Waals surface area (Å²) in [5, 5.41) is 0.361. The van der Waals surface area contributed by atoms with Gasteiger partial charge in [-0.2, -0.15) is 0 Å². The SMILES string of the molecule is C=CC1([Si])CC1. The first-order valence-corrected chi connectivity index (χ1v) is 2.65. The van der Waals surface area contributed by atoms with Crippen molar-refractivity contribution < 1.29 is 0 Å².